The van der Waals surface area contributed by atoms with Gasteiger partial charge in [-0.05, 0) is 52.6 Å². The molecular formula is C15H35NO6Si. The first-order valence-electron chi connectivity index (χ1n) is 8.21. The maximum atomic E-state index is 6.02. The molecule has 0 saturated heterocycles. The van der Waals surface area contributed by atoms with Gasteiger partial charge in [0.15, 0.2) is 12.6 Å². The van der Waals surface area contributed by atoms with E-state index in [9.17, 15) is 0 Å². The standard InChI is InChI=1S/C15H35NO6Si/c1-11(9-8-10-16)23(21-14(4)19-12(2)17-6)22-15(5)20-13(3)18-7/h11-15,23H,8-10,16H2,1-7H3. The molecule has 0 spiro atoms. The number of hydrogen-bond donors (Lipinski definition) is 1. The van der Waals surface area contributed by atoms with Crippen LogP contribution in [0.2, 0.25) is 5.54 Å². The lowest BCUT2D eigenvalue weighted by Crippen LogP contribution is -2.38. The summed E-state index contributed by atoms with van der Waals surface area (Å²) in [6, 6.07) is 0. The largest absolute Gasteiger partial charge is 0.370 e. The molecule has 140 valence electrons. The van der Waals surface area contributed by atoms with Gasteiger partial charge in [-0.3, -0.25) is 0 Å². The lowest BCUT2D eigenvalue weighted by Gasteiger charge is -2.30. The quantitative estimate of drug-likeness (QED) is 0.378. The second kappa shape index (κ2) is 13.3. The first kappa shape index (κ1) is 22.9. The summed E-state index contributed by atoms with van der Waals surface area (Å²) in [5.74, 6) is 0. The van der Waals surface area contributed by atoms with Crippen LogP contribution in [-0.4, -0.2) is 55.2 Å². The van der Waals surface area contributed by atoms with Crippen molar-refractivity contribution in [3.05, 3.63) is 0 Å². The molecule has 2 N–H and O–H groups in total. The lowest BCUT2D eigenvalue weighted by molar-refractivity contribution is -0.217. The highest BCUT2D eigenvalue weighted by atomic mass is 28.3. The molecule has 0 bridgehead atoms. The van der Waals surface area contributed by atoms with E-state index in [0.717, 1.165) is 12.8 Å². The van der Waals surface area contributed by atoms with Crippen LogP contribution < -0.4 is 5.73 Å². The summed E-state index contributed by atoms with van der Waals surface area (Å²) in [4.78, 5) is 0. The van der Waals surface area contributed by atoms with E-state index in [4.69, 9.17) is 33.5 Å². The first-order chi connectivity index (χ1) is 10.8. The van der Waals surface area contributed by atoms with Crippen molar-refractivity contribution in [1.29, 1.82) is 0 Å². The van der Waals surface area contributed by atoms with Crippen LogP contribution in [0.1, 0.15) is 47.5 Å². The zero-order valence-electron chi connectivity index (χ0n) is 15.6. The third-order valence-corrected chi connectivity index (χ3v) is 5.98. The van der Waals surface area contributed by atoms with Gasteiger partial charge in [0, 0.05) is 14.2 Å². The molecule has 0 aliphatic carbocycles. The Morgan fingerprint density at radius 2 is 1.22 bits per heavy atom. The van der Waals surface area contributed by atoms with Gasteiger partial charge >= 0.3 is 9.28 Å². The monoisotopic (exact) mass is 353 g/mol. The van der Waals surface area contributed by atoms with Crippen molar-refractivity contribution >= 4 is 9.28 Å². The summed E-state index contributed by atoms with van der Waals surface area (Å²) in [7, 11) is 1.15. The second-order valence-corrected chi connectivity index (χ2v) is 7.98. The molecule has 7 nitrogen and oxygen atoms in total. The predicted molar refractivity (Wildman–Crippen MR) is 91.1 cm³/mol. The minimum atomic E-state index is -2.03. The highest BCUT2D eigenvalue weighted by molar-refractivity contribution is 6.46. The van der Waals surface area contributed by atoms with Crippen LogP contribution in [0.25, 0.3) is 0 Å². The van der Waals surface area contributed by atoms with Crippen LogP contribution in [0.4, 0.5) is 0 Å². The number of methoxy groups -OCH3 is 2. The van der Waals surface area contributed by atoms with E-state index in [0.29, 0.717) is 6.54 Å². The van der Waals surface area contributed by atoms with Gasteiger partial charge in [0.05, 0.1) is 0 Å². The first-order valence-corrected chi connectivity index (χ1v) is 9.82. The Balaban J connectivity index is 4.60. The molecule has 0 heterocycles. The Labute approximate surface area is 142 Å². The molecule has 0 aliphatic rings. The van der Waals surface area contributed by atoms with Crippen LogP contribution in [0.5, 0.6) is 0 Å². The molecule has 23 heavy (non-hydrogen) atoms. The molecule has 0 fully saturated rings. The van der Waals surface area contributed by atoms with E-state index < -0.39 is 21.9 Å². The summed E-state index contributed by atoms with van der Waals surface area (Å²) < 4.78 is 33.4. The molecule has 0 saturated carbocycles. The molecular weight excluding hydrogens is 318 g/mol. The normalized spacial score (nSPS) is 19.8. The Kier molecular flexibility index (Phi) is 13.2. The fraction of sp³-hybridized carbons (Fsp3) is 1.00. The molecule has 0 amide bonds. The molecule has 0 aromatic carbocycles. The van der Waals surface area contributed by atoms with Gasteiger partial charge < -0.3 is 33.5 Å². The maximum absolute atomic E-state index is 6.02. The average molecular weight is 354 g/mol. The van der Waals surface area contributed by atoms with E-state index in [2.05, 4.69) is 6.92 Å². The molecule has 0 rings (SSSR count). The van der Waals surface area contributed by atoms with E-state index in [1.807, 2.05) is 27.7 Å². The Hall–Kier alpha value is -0.0631. The SMILES string of the molecule is COC(C)OC(C)O[SiH](OC(C)OC(C)OC)C(C)CCCN. The van der Waals surface area contributed by atoms with Crippen LogP contribution >= 0.6 is 0 Å². The van der Waals surface area contributed by atoms with Crippen LogP contribution in [0.3, 0.4) is 0 Å². The zero-order valence-corrected chi connectivity index (χ0v) is 16.8. The summed E-state index contributed by atoms with van der Waals surface area (Å²) in [6.45, 7) is 10.1. The highest BCUT2D eigenvalue weighted by Gasteiger charge is 2.28. The molecule has 5 atom stereocenters. The van der Waals surface area contributed by atoms with Crippen LogP contribution in [-0.2, 0) is 27.8 Å². The van der Waals surface area contributed by atoms with Crippen LogP contribution in [0, 0.1) is 0 Å². The molecule has 8 heteroatoms. The van der Waals surface area contributed by atoms with Crippen molar-refractivity contribution < 1.29 is 27.8 Å². The van der Waals surface area contributed by atoms with Gasteiger partial charge in [0.2, 0.25) is 0 Å². The van der Waals surface area contributed by atoms with Crippen molar-refractivity contribution in [3.63, 3.8) is 0 Å². The topological polar surface area (TPSA) is 81.4 Å². The molecule has 0 radical (unpaired) electrons. The van der Waals surface area contributed by atoms with Crippen molar-refractivity contribution in [2.45, 2.75) is 78.2 Å². The number of ether oxygens (including phenoxy) is 4. The van der Waals surface area contributed by atoms with Gasteiger partial charge in [-0.25, -0.2) is 0 Å². The summed E-state index contributed by atoms with van der Waals surface area (Å²) in [5, 5.41) is 0. The van der Waals surface area contributed by atoms with Gasteiger partial charge in [-0.1, -0.05) is 6.92 Å². The average Bonchev–Trinajstić information content (AvgIpc) is 2.51. The number of nitrogens with two attached hydrogens (primary N) is 1. The van der Waals surface area contributed by atoms with Crippen molar-refractivity contribution in [3.8, 4) is 0 Å². The smallest absolute Gasteiger partial charge is 0.328 e. The number of rotatable bonds is 14. The minimum Gasteiger partial charge on any atom is -0.370 e. The zero-order chi connectivity index (χ0) is 17.8. The molecule has 5 unspecified atom stereocenters. The lowest BCUT2D eigenvalue weighted by atomic mass is 10.2. The van der Waals surface area contributed by atoms with E-state index >= 15 is 0 Å². The fourth-order valence-corrected chi connectivity index (χ4v) is 3.96. The maximum Gasteiger partial charge on any atom is 0.328 e. The van der Waals surface area contributed by atoms with Gasteiger partial charge in [0.1, 0.15) is 12.6 Å². The van der Waals surface area contributed by atoms with Crippen molar-refractivity contribution in [2.75, 3.05) is 20.8 Å². The van der Waals surface area contributed by atoms with E-state index in [-0.39, 0.29) is 18.1 Å². The second-order valence-electron chi connectivity index (χ2n) is 5.56. The van der Waals surface area contributed by atoms with E-state index in [1.54, 1.807) is 14.2 Å². The number of hydrogen-bond acceptors (Lipinski definition) is 7. The Morgan fingerprint density at radius 1 is 0.783 bits per heavy atom. The van der Waals surface area contributed by atoms with Gasteiger partial charge in [-0.15, -0.1) is 0 Å². The van der Waals surface area contributed by atoms with Crippen molar-refractivity contribution in [1.82, 2.24) is 0 Å². The third-order valence-electron chi connectivity index (χ3n) is 3.41. The van der Waals surface area contributed by atoms with E-state index in [1.165, 1.54) is 0 Å². The van der Waals surface area contributed by atoms with Gasteiger partial charge in [-0.2, -0.15) is 0 Å². The molecule has 0 aromatic heterocycles. The minimum absolute atomic E-state index is 0.284. The highest BCUT2D eigenvalue weighted by Crippen LogP contribution is 2.22. The van der Waals surface area contributed by atoms with Gasteiger partial charge in [0.25, 0.3) is 0 Å². The Bertz CT molecular complexity index is 267. The summed E-state index contributed by atoms with van der Waals surface area (Å²) >= 11 is 0. The molecule has 0 aromatic rings. The fourth-order valence-electron chi connectivity index (χ4n) is 1.97. The third kappa shape index (κ3) is 11.2. The van der Waals surface area contributed by atoms with Crippen LogP contribution in [0.15, 0.2) is 0 Å². The molecule has 0 aliphatic heterocycles. The predicted octanol–water partition coefficient (Wildman–Crippen LogP) is 2.08. The summed E-state index contributed by atoms with van der Waals surface area (Å²) in [6.07, 6.45) is 0.405. The van der Waals surface area contributed by atoms with Crippen molar-refractivity contribution in [2.24, 2.45) is 5.73 Å². The summed E-state index contributed by atoms with van der Waals surface area (Å²) in [5.41, 5.74) is 5.88. The Morgan fingerprint density at radius 3 is 1.57 bits per heavy atom.